The van der Waals surface area contributed by atoms with E-state index in [9.17, 15) is 9.90 Å². The maximum Gasteiger partial charge on any atom is 0.311 e. The van der Waals surface area contributed by atoms with Crippen molar-refractivity contribution >= 4 is 5.97 Å². The third kappa shape index (κ3) is 1.92. The Balaban J connectivity index is 2.51. The van der Waals surface area contributed by atoms with Crippen LogP contribution in [-0.4, -0.2) is 23.8 Å². The van der Waals surface area contributed by atoms with Gasteiger partial charge in [-0.15, -0.1) is 0 Å². The first kappa shape index (κ1) is 11.5. The molecule has 14 heavy (non-hydrogen) atoms. The lowest BCUT2D eigenvalue weighted by atomic mass is 9.61. The summed E-state index contributed by atoms with van der Waals surface area (Å²) in [6, 6.07) is 0. The molecular formula is C11H20O3. The summed E-state index contributed by atoms with van der Waals surface area (Å²) in [4.78, 5) is 11.2. The van der Waals surface area contributed by atoms with E-state index in [1.54, 1.807) is 6.92 Å². The van der Waals surface area contributed by atoms with Gasteiger partial charge in [-0.3, -0.25) is 4.79 Å². The average molecular weight is 200 g/mol. The molecule has 0 bridgehead atoms. The van der Waals surface area contributed by atoms with Crippen molar-refractivity contribution in [2.45, 2.75) is 39.2 Å². The Labute approximate surface area is 85.5 Å². The summed E-state index contributed by atoms with van der Waals surface area (Å²) in [6.07, 6.45) is 1.45. The minimum atomic E-state index is -0.817. The van der Waals surface area contributed by atoms with Gasteiger partial charge in [0.2, 0.25) is 0 Å². The molecule has 1 saturated carbocycles. The van der Waals surface area contributed by atoms with Crippen molar-refractivity contribution < 1.29 is 14.6 Å². The topological polar surface area (TPSA) is 46.5 Å². The Hall–Kier alpha value is -0.570. The molecule has 0 aliphatic heterocycles. The molecule has 1 N–H and O–H groups in total. The largest absolute Gasteiger partial charge is 0.469 e. The molecule has 1 unspecified atom stereocenters. The van der Waals surface area contributed by atoms with Crippen LogP contribution in [0.5, 0.6) is 0 Å². The normalized spacial score (nSPS) is 33.7. The second-order valence-corrected chi connectivity index (χ2v) is 4.76. The Morgan fingerprint density at radius 1 is 1.43 bits per heavy atom. The van der Waals surface area contributed by atoms with Gasteiger partial charge >= 0.3 is 5.97 Å². The van der Waals surface area contributed by atoms with Crippen molar-refractivity contribution in [1.82, 2.24) is 0 Å². The molecule has 1 fully saturated rings. The van der Waals surface area contributed by atoms with Crippen molar-refractivity contribution in [3.05, 3.63) is 0 Å². The molecule has 0 aromatic carbocycles. The zero-order valence-corrected chi connectivity index (χ0v) is 9.41. The van der Waals surface area contributed by atoms with E-state index >= 15 is 0 Å². The minimum Gasteiger partial charge on any atom is -0.469 e. The molecule has 3 nitrogen and oxygen atoms in total. The first-order chi connectivity index (χ1) is 6.40. The second-order valence-electron chi connectivity index (χ2n) is 4.76. The van der Waals surface area contributed by atoms with Gasteiger partial charge in [0.25, 0.3) is 0 Å². The van der Waals surface area contributed by atoms with E-state index in [1.165, 1.54) is 7.11 Å². The van der Waals surface area contributed by atoms with E-state index in [2.05, 4.69) is 18.6 Å². The molecule has 1 aliphatic rings. The highest BCUT2D eigenvalue weighted by molar-refractivity contribution is 5.73. The van der Waals surface area contributed by atoms with Crippen LogP contribution in [0.2, 0.25) is 0 Å². The summed E-state index contributed by atoms with van der Waals surface area (Å²) in [5, 5.41) is 10.1. The first-order valence-corrected chi connectivity index (χ1v) is 5.21. The van der Waals surface area contributed by atoms with Crippen molar-refractivity contribution in [1.29, 1.82) is 0 Å². The summed E-state index contributed by atoms with van der Waals surface area (Å²) in [5.41, 5.74) is -0.817. The standard InChI is InChI=1S/C11H20O3/c1-7(2)9-5-11(13,6-9)8(3)10(12)14-4/h7-9,13H,5-6H2,1-4H3. The summed E-state index contributed by atoms with van der Waals surface area (Å²) < 4.78 is 4.63. The summed E-state index contributed by atoms with van der Waals surface area (Å²) in [6.45, 7) is 6.03. The quantitative estimate of drug-likeness (QED) is 0.704. The van der Waals surface area contributed by atoms with Crippen molar-refractivity contribution in [2.75, 3.05) is 7.11 Å². The van der Waals surface area contributed by atoms with E-state index in [0.717, 1.165) is 12.8 Å². The van der Waals surface area contributed by atoms with Gasteiger partial charge in [0, 0.05) is 0 Å². The van der Waals surface area contributed by atoms with E-state index in [4.69, 9.17) is 0 Å². The fraction of sp³-hybridized carbons (Fsp3) is 0.909. The van der Waals surface area contributed by atoms with E-state index in [0.29, 0.717) is 11.8 Å². The first-order valence-electron chi connectivity index (χ1n) is 5.21. The molecule has 82 valence electrons. The lowest BCUT2D eigenvalue weighted by Crippen LogP contribution is -2.53. The zero-order chi connectivity index (χ0) is 10.9. The van der Waals surface area contributed by atoms with Crippen LogP contribution >= 0.6 is 0 Å². The SMILES string of the molecule is COC(=O)C(C)C1(O)CC(C(C)C)C1. The predicted octanol–water partition coefficient (Wildman–Crippen LogP) is 1.59. The van der Waals surface area contributed by atoms with Crippen LogP contribution < -0.4 is 0 Å². The smallest absolute Gasteiger partial charge is 0.311 e. The average Bonchev–Trinajstić information content (AvgIpc) is 2.09. The molecule has 0 aromatic heterocycles. The number of hydrogen-bond donors (Lipinski definition) is 1. The van der Waals surface area contributed by atoms with Crippen LogP contribution in [0.15, 0.2) is 0 Å². The van der Waals surface area contributed by atoms with E-state index in [1.807, 2.05) is 0 Å². The van der Waals surface area contributed by atoms with Gasteiger partial charge in [-0.1, -0.05) is 13.8 Å². The third-order valence-electron chi connectivity index (χ3n) is 3.53. The number of hydrogen-bond acceptors (Lipinski definition) is 3. The minimum absolute atomic E-state index is 0.310. The molecule has 1 rings (SSSR count). The predicted molar refractivity (Wildman–Crippen MR) is 53.7 cm³/mol. The highest BCUT2D eigenvalue weighted by Crippen LogP contribution is 2.46. The van der Waals surface area contributed by atoms with Crippen LogP contribution in [0.3, 0.4) is 0 Å². The second kappa shape index (κ2) is 3.89. The number of rotatable bonds is 3. The van der Waals surface area contributed by atoms with Crippen LogP contribution in [0.1, 0.15) is 33.6 Å². The van der Waals surface area contributed by atoms with Gasteiger partial charge in [0.1, 0.15) is 0 Å². The Morgan fingerprint density at radius 2 is 1.93 bits per heavy atom. The van der Waals surface area contributed by atoms with Gasteiger partial charge in [0.05, 0.1) is 18.6 Å². The van der Waals surface area contributed by atoms with Crippen LogP contribution in [0.4, 0.5) is 0 Å². The number of aliphatic hydroxyl groups is 1. The van der Waals surface area contributed by atoms with Crippen LogP contribution in [0.25, 0.3) is 0 Å². The number of carbonyl (C=O) groups excluding carboxylic acids is 1. The number of esters is 1. The van der Waals surface area contributed by atoms with Crippen molar-refractivity contribution in [3.63, 3.8) is 0 Å². The van der Waals surface area contributed by atoms with Gasteiger partial charge < -0.3 is 9.84 Å². The molecule has 0 heterocycles. The maximum atomic E-state index is 11.2. The monoisotopic (exact) mass is 200 g/mol. The summed E-state index contributed by atoms with van der Waals surface area (Å²) >= 11 is 0. The van der Waals surface area contributed by atoms with Crippen molar-refractivity contribution in [2.24, 2.45) is 17.8 Å². The molecule has 0 aromatic rings. The zero-order valence-electron chi connectivity index (χ0n) is 9.41. The van der Waals surface area contributed by atoms with Crippen molar-refractivity contribution in [3.8, 4) is 0 Å². The van der Waals surface area contributed by atoms with Gasteiger partial charge in [-0.05, 0) is 31.6 Å². The molecule has 0 saturated heterocycles. The fourth-order valence-electron chi connectivity index (χ4n) is 2.07. The number of ether oxygens (including phenoxy) is 1. The Morgan fingerprint density at radius 3 is 2.29 bits per heavy atom. The van der Waals surface area contributed by atoms with Crippen LogP contribution in [0, 0.1) is 17.8 Å². The molecule has 1 aliphatic carbocycles. The number of methoxy groups -OCH3 is 1. The fourth-order valence-corrected chi connectivity index (χ4v) is 2.07. The number of carbonyl (C=O) groups is 1. The molecular weight excluding hydrogens is 180 g/mol. The van der Waals surface area contributed by atoms with Gasteiger partial charge in [-0.25, -0.2) is 0 Å². The highest BCUT2D eigenvalue weighted by Gasteiger charge is 2.50. The molecule has 0 radical (unpaired) electrons. The third-order valence-corrected chi connectivity index (χ3v) is 3.53. The van der Waals surface area contributed by atoms with Gasteiger partial charge in [-0.2, -0.15) is 0 Å². The molecule has 0 spiro atoms. The van der Waals surface area contributed by atoms with E-state index in [-0.39, 0.29) is 5.97 Å². The summed E-state index contributed by atoms with van der Waals surface area (Å²) in [5.74, 6) is 0.421. The Bertz CT molecular complexity index is 217. The lowest BCUT2D eigenvalue weighted by molar-refractivity contribution is -0.170. The maximum absolute atomic E-state index is 11.2. The lowest BCUT2D eigenvalue weighted by Gasteiger charge is -2.48. The molecule has 1 atom stereocenters. The molecule has 0 amide bonds. The highest BCUT2D eigenvalue weighted by atomic mass is 16.5. The van der Waals surface area contributed by atoms with E-state index < -0.39 is 11.5 Å². The molecule has 3 heteroatoms. The van der Waals surface area contributed by atoms with Crippen LogP contribution in [-0.2, 0) is 9.53 Å². The Kier molecular flexibility index (Phi) is 3.20. The van der Waals surface area contributed by atoms with Gasteiger partial charge in [0.15, 0.2) is 0 Å². The summed E-state index contributed by atoms with van der Waals surface area (Å²) in [7, 11) is 1.36.